The van der Waals surface area contributed by atoms with Crippen molar-refractivity contribution < 1.29 is 28.7 Å². The molecule has 22 heavy (non-hydrogen) atoms. The van der Waals surface area contributed by atoms with Gasteiger partial charge in [-0.3, -0.25) is 0 Å². The lowest BCUT2D eigenvalue weighted by molar-refractivity contribution is 0.00578. The van der Waals surface area contributed by atoms with Crippen LogP contribution in [0.4, 0.5) is 0 Å². The Labute approximate surface area is 130 Å². The third-order valence-corrected chi connectivity index (χ3v) is 4.26. The molecule has 1 heterocycles. The fourth-order valence-corrected chi connectivity index (χ4v) is 2.19. The van der Waals surface area contributed by atoms with E-state index in [0.29, 0.717) is 11.2 Å². The number of hydrogen-bond donors (Lipinski definition) is 1. The van der Waals surface area contributed by atoms with E-state index in [0.717, 1.165) is 0 Å². The first-order valence-electron chi connectivity index (χ1n) is 6.98. The van der Waals surface area contributed by atoms with Crippen molar-refractivity contribution in [1.29, 1.82) is 0 Å². The van der Waals surface area contributed by atoms with Gasteiger partial charge in [0.15, 0.2) is 0 Å². The predicted molar refractivity (Wildman–Crippen MR) is 81.7 cm³/mol. The van der Waals surface area contributed by atoms with Gasteiger partial charge in [0.2, 0.25) is 0 Å². The van der Waals surface area contributed by atoms with Crippen LogP contribution in [0.3, 0.4) is 0 Å². The Morgan fingerprint density at radius 3 is 2.14 bits per heavy atom. The van der Waals surface area contributed by atoms with E-state index in [9.17, 15) is 9.90 Å². The summed E-state index contributed by atoms with van der Waals surface area (Å²) < 4.78 is 21.9. The minimum atomic E-state index is -0.705. The average Bonchev–Trinajstić information content (AvgIpc) is 2.66. The van der Waals surface area contributed by atoms with Crippen LogP contribution in [-0.4, -0.2) is 43.6 Å². The first-order valence-corrected chi connectivity index (χ1v) is 6.98. The summed E-state index contributed by atoms with van der Waals surface area (Å²) in [5.41, 5.74) is -0.481. The Balaban J connectivity index is 2.49. The molecule has 1 aliphatic rings. The van der Waals surface area contributed by atoms with Gasteiger partial charge < -0.3 is 23.9 Å². The molecule has 1 aromatic carbocycles. The van der Waals surface area contributed by atoms with Crippen LogP contribution in [-0.2, 0) is 14.0 Å². The molecule has 0 bridgehead atoms. The van der Waals surface area contributed by atoms with Crippen molar-refractivity contribution in [2.45, 2.75) is 38.9 Å². The second-order valence-electron chi connectivity index (χ2n) is 6.19. The average molecular weight is 308 g/mol. The van der Waals surface area contributed by atoms with E-state index < -0.39 is 24.3 Å². The third kappa shape index (κ3) is 2.66. The Bertz CT molecular complexity index is 580. The number of esters is 1. The summed E-state index contributed by atoms with van der Waals surface area (Å²) in [4.78, 5) is 11.8. The van der Waals surface area contributed by atoms with Gasteiger partial charge in [-0.2, -0.15) is 0 Å². The van der Waals surface area contributed by atoms with Crippen molar-refractivity contribution >= 4 is 18.6 Å². The molecule has 1 aliphatic heterocycles. The monoisotopic (exact) mass is 308 g/mol. The van der Waals surface area contributed by atoms with Gasteiger partial charge in [-0.05, 0) is 33.8 Å². The molecule has 0 aliphatic carbocycles. The van der Waals surface area contributed by atoms with Crippen molar-refractivity contribution in [3.05, 3.63) is 17.7 Å². The first kappa shape index (κ1) is 16.6. The van der Waals surface area contributed by atoms with E-state index in [1.165, 1.54) is 26.4 Å². The zero-order valence-corrected chi connectivity index (χ0v) is 13.7. The van der Waals surface area contributed by atoms with Crippen molar-refractivity contribution in [2.24, 2.45) is 0 Å². The molecule has 0 spiro atoms. The van der Waals surface area contributed by atoms with E-state index in [1.54, 1.807) is 0 Å². The molecule has 0 atom stereocenters. The van der Waals surface area contributed by atoms with E-state index in [-0.39, 0.29) is 11.3 Å². The van der Waals surface area contributed by atoms with Crippen molar-refractivity contribution in [1.82, 2.24) is 0 Å². The molecule has 0 unspecified atom stereocenters. The van der Waals surface area contributed by atoms with Crippen LogP contribution in [0.2, 0.25) is 0 Å². The number of phenols is 1. The Hall–Kier alpha value is -1.73. The lowest BCUT2D eigenvalue weighted by Crippen LogP contribution is -2.41. The molecule has 120 valence electrons. The Kier molecular flexibility index (Phi) is 4.15. The zero-order chi connectivity index (χ0) is 16.7. The minimum absolute atomic E-state index is 0.0352. The van der Waals surface area contributed by atoms with Gasteiger partial charge in [-0.25, -0.2) is 4.79 Å². The molecule has 1 aromatic rings. The number of rotatable bonds is 3. The summed E-state index contributed by atoms with van der Waals surface area (Å²) in [6.45, 7) is 7.73. The van der Waals surface area contributed by atoms with Gasteiger partial charge in [-0.15, -0.1) is 0 Å². The van der Waals surface area contributed by atoms with Gasteiger partial charge >= 0.3 is 13.1 Å². The number of phenolic OH excluding ortho intramolecular Hbond substituents is 1. The molecular formula is C15H21BO6. The standard InChI is InChI=1S/C15H21BO6/c1-14(2)15(3,4)22-16(21-14)10-7-9(13(18)20-6)11(17)8-12(10)19-5/h7-8,17H,1-6H3. The highest BCUT2D eigenvalue weighted by Gasteiger charge is 2.52. The number of hydrogen-bond acceptors (Lipinski definition) is 6. The normalized spacial score (nSPS) is 19.1. The van der Waals surface area contributed by atoms with Crippen LogP contribution in [0.1, 0.15) is 38.1 Å². The molecule has 2 rings (SSSR count). The number of carbonyl (C=O) groups excluding carboxylic acids is 1. The predicted octanol–water partition coefficient (Wildman–Crippen LogP) is 1.49. The molecule has 0 aromatic heterocycles. The summed E-state index contributed by atoms with van der Waals surface area (Å²) in [5, 5.41) is 9.93. The van der Waals surface area contributed by atoms with Crippen LogP contribution >= 0.6 is 0 Å². The van der Waals surface area contributed by atoms with E-state index in [4.69, 9.17) is 14.0 Å². The lowest BCUT2D eigenvalue weighted by atomic mass is 9.77. The largest absolute Gasteiger partial charge is 0.507 e. The number of methoxy groups -OCH3 is 2. The number of carbonyl (C=O) groups is 1. The van der Waals surface area contributed by atoms with Crippen LogP contribution in [0.5, 0.6) is 11.5 Å². The number of benzene rings is 1. The molecule has 6 nitrogen and oxygen atoms in total. The fraction of sp³-hybridized carbons (Fsp3) is 0.533. The first-order chi connectivity index (χ1) is 10.1. The van der Waals surface area contributed by atoms with Gasteiger partial charge in [0.1, 0.15) is 17.1 Å². The van der Waals surface area contributed by atoms with Gasteiger partial charge in [0, 0.05) is 11.5 Å². The highest BCUT2D eigenvalue weighted by atomic mass is 16.7. The van der Waals surface area contributed by atoms with Crippen molar-refractivity contribution in [3.63, 3.8) is 0 Å². The van der Waals surface area contributed by atoms with Crippen LogP contribution < -0.4 is 10.2 Å². The Morgan fingerprint density at radius 2 is 1.68 bits per heavy atom. The summed E-state index contributed by atoms with van der Waals surface area (Å²) >= 11 is 0. The maximum Gasteiger partial charge on any atom is 0.498 e. The summed E-state index contributed by atoms with van der Waals surface area (Å²) in [5.74, 6) is -0.481. The van der Waals surface area contributed by atoms with Crippen molar-refractivity contribution in [2.75, 3.05) is 14.2 Å². The Morgan fingerprint density at radius 1 is 1.14 bits per heavy atom. The molecule has 7 heteroatoms. The highest BCUT2D eigenvalue weighted by molar-refractivity contribution is 6.63. The van der Waals surface area contributed by atoms with E-state index in [2.05, 4.69) is 4.74 Å². The second-order valence-corrected chi connectivity index (χ2v) is 6.19. The van der Waals surface area contributed by atoms with Gasteiger partial charge in [0.25, 0.3) is 0 Å². The van der Waals surface area contributed by atoms with Gasteiger partial charge in [-0.1, -0.05) is 0 Å². The molecule has 1 fully saturated rings. The minimum Gasteiger partial charge on any atom is -0.507 e. The topological polar surface area (TPSA) is 74.2 Å². The van der Waals surface area contributed by atoms with Crippen molar-refractivity contribution in [3.8, 4) is 11.5 Å². The molecule has 0 saturated carbocycles. The maximum absolute atomic E-state index is 11.8. The van der Waals surface area contributed by atoms with Gasteiger partial charge in [0.05, 0.1) is 25.4 Å². The lowest BCUT2D eigenvalue weighted by Gasteiger charge is -2.32. The van der Waals surface area contributed by atoms with E-state index >= 15 is 0 Å². The summed E-state index contributed by atoms with van der Waals surface area (Å²) in [7, 11) is 2.02. The quantitative estimate of drug-likeness (QED) is 0.673. The van der Waals surface area contributed by atoms with E-state index in [1.807, 2.05) is 27.7 Å². The molecule has 1 saturated heterocycles. The fourth-order valence-electron chi connectivity index (χ4n) is 2.19. The second kappa shape index (κ2) is 5.48. The van der Waals surface area contributed by atoms with Crippen LogP contribution in [0.15, 0.2) is 12.1 Å². The highest BCUT2D eigenvalue weighted by Crippen LogP contribution is 2.37. The molecule has 1 N–H and O–H groups in total. The van der Waals surface area contributed by atoms with Crippen LogP contribution in [0, 0.1) is 0 Å². The maximum atomic E-state index is 11.8. The third-order valence-electron chi connectivity index (χ3n) is 4.26. The SMILES string of the molecule is COC(=O)c1cc(B2OC(C)(C)C(C)(C)O2)c(OC)cc1O. The summed E-state index contributed by atoms with van der Waals surface area (Å²) in [6, 6.07) is 2.83. The van der Waals surface area contributed by atoms with Crippen LogP contribution in [0.25, 0.3) is 0 Å². The molecular weight excluding hydrogens is 287 g/mol. The number of ether oxygens (including phenoxy) is 2. The summed E-state index contributed by atoms with van der Waals surface area (Å²) in [6.07, 6.45) is 0. The number of aromatic hydroxyl groups is 1. The zero-order valence-electron chi connectivity index (χ0n) is 13.7. The molecule has 0 radical (unpaired) electrons. The smallest absolute Gasteiger partial charge is 0.498 e. The molecule has 0 amide bonds.